The molecule has 0 amide bonds. The van der Waals surface area contributed by atoms with E-state index in [2.05, 4.69) is 0 Å². The molecular weight excluding hydrogens is 130 g/mol. The standard InChI is InChI=1S/BH3.Na.H2O4S.H/c;;1-5(2,3)4;/h1H3;;(H2,1,2,3,4);. The van der Waals surface area contributed by atoms with Crippen LogP contribution in [0.3, 0.4) is 0 Å². The van der Waals surface area contributed by atoms with E-state index in [-0.39, 0.29) is 38.0 Å². The quantitative estimate of drug-likeness (QED) is 0.285. The van der Waals surface area contributed by atoms with Crippen LogP contribution in [0, 0.1) is 0 Å². The first-order valence-corrected chi connectivity index (χ1v) is 2.10. The van der Waals surface area contributed by atoms with Gasteiger partial charge in [0.1, 0.15) is 0 Å². The molecule has 0 saturated carbocycles. The Balaban J connectivity index is -0.0000000800. The SMILES string of the molecule is B.O=S(=O)(O)O.[NaH]. The molecule has 0 unspecified atom stereocenters. The predicted octanol–water partition coefficient (Wildman–Crippen LogP) is -2.49. The van der Waals surface area contributed by atoms with Gasteiger partial charge in [0, 0.05) is 0 Å². The molecule has 0 aliphatic rings. The second-order valence-electron chi connectivity index (χ2n) is 0.448. The Labute approximate surface area is 65.7 Å². The zero-order valence-electron chi connectivity index (χ0n) is 2.12. The Kier molecular flexibility index (Phi) is 11.4. The van der Waals surface area contributed by atoms with Crippen molar-refractivity contribution >= 4 is 48.4 Å². The van der Waals surface area contributed by atoms with Crippen molar-refractivity contribution in [3.05, 3.63) is 0 Å². The summed E-state index contributed by atoms with van der Waals surface area (Å²) in [5.41, 5.74) is 0. The van der Waals surface area contributed by atoms with Gasteiger partial charge in [-0.05, 0) is 0 Å². The number of rotatable bonds is 0. The van der Waals surface area contributed by atoms with Gasteiger partial charge >= 0.3 is 40.0 Å². The molecule has 0 aliphatic heterocycles. The van der Waals surface area contributed by atoms with Crippen LogP contribution in [0.15, 0.2) is 0 Å². The Morgan fingerprint density at radius 2 is 1.14 bits per heavy atom. The molecule has 7 heavy (non-hydrogen) atoms. The molecule has 0 aromatic heterocycles. The van der Waals surface area contributed by atoms with Crippen LogP contribution in [0.1, 0.15) is 0 Å². The summed E-state index contributed by atoms with van der Waals surface area (Å²) in [6.07, 6.45) is 0. The maximum atomic E-state index is 8.74. The molecule has 0 aliphatic carbocycles. The van der Waals surface area contributed by atoms with Crippen LogP contribution in [0.2, 0.25) is 0 Å². The molecule has 0 aromatic carbocycles. The fraction of sp³-hybridized carbons (Fsp3) is 0. The molecule has 0 aromatic rings. The van der Waals surface area contributed by atoms with E-state index >= 15 is 0 Å². The van der Waals surface area contributed by atoms with Crippen molar-refractivity contribution in [3.8, 4) is 0 Å². The van der Waals surface area contributed by atoms with E-state index in [1.165, 1.54) is 0 Å². The Bertz CT molecular complexity index is 94.9. The van der Waals surface area contributed by atoms with Crippen LogP contribution >= 0.6 is 0 Å². The summed E-state index contributed by atoms with van der Waals surface area (Å²) in [7, 11) is -4.67. The molecule has 0 spiro atoms. The molecular formula is H6BNaO4S. The van der Waals surface area contributed by atoms with Crippen molar-refractivity contribution in [1.29, 1.82) is 0 Å². The average Bonchev–Trinajstić information content (AvgIpc) is 0.722. The molecule has 0 atom stereocenters. The van der Waals surface area contributed by atoms with Crippen molar-refractivity contribution in [2.75, 3.05) is 0 Å². The first-order valence-electron chi connectivity index (χ1n) is 0.698. The molecule has 0 fully saturated rings. The summed E-state index contributed by atoms with van der Waals surface area (Å²) in [4.78, 5) is 0. The van der Waals surface area contributed by atoms with Gasteiger partial charge in [0.25, 0.3) is 0 Å². The Morgan fingerprint density at radius 3 is 1.14 bits per heavy atom. The first-order chi connectivity index (χ1) is 2.00. The molecule has 0 rings (SSSR count). The predicted molar refractivity (Wildman–Crippen MR) is 31.3 cm³/mol. The van der Waals surface area contributed by atoms with E-state index in [1.807, 2.05) is 0 Å². The summed E-state index contributed by atoms with van der Waals surface area (Å²) in [5.74, 6) is 0. The van der Waals surface area contributed by atoms with E-state index in [4.69, 9.17) is 17.5 Å². The summed E-state index contributed by atoms with van der Waals surface area (Å²) in [5, 5.41) is 0. The van der Waals surface area contributed by atoms with Crippen LogP contribution in [-0.2, 0) is 10.4 Å². The van der Waals surface area contributed by atoms with Crippen molar-refractivity contribution in [2.45, 2.75) is 0 Å². The zero-order chi connectivity index (χ0) is 4.50. The van der Waals surface area contributed by atoms with Crippen LogP contribution < -0.4 is 0 Å². The maximum absolute atomic E-state index is 8.74. The van der Waals surface area contributed by atoms with Crippen LogP contribution in [0.5, 0.6) is 0 Å². The third-order valence-electron chi connectivity index (χ3n) is 0. The molecule has 0 bridgehead atoms. The van der Waals surface area contributed by atoms with Crippen molar-refractivity contribution in [3.63, 3.8) is 0 Å². The average molecular weight is 136 g/mol. The summed E-state index contributed by atoms with van der Waals surface area (Å²) in [6, 6.07) is 0. The molecule has 0 saturated heterocycles. The Hall–Kier alpha value is 0.935. The molecule has 2 N–H and O–H groups in total. The van der Waals surface area contributed by atoms with Gasteiger partial charge in [-0.2, -0.15) is 8.42 Å². The van der Waals surface area contributed by atoms with Crippen LogP contribution in [0.25, 0.3) is 0 Å². The molecule has 0 heterocycles. The van der Waals surface area contributed by atoms with E-state index in [0.29, 0.717) is 0 Å². The van der Waals surface area contributed by atoms with Gasteiger partial charge in [0.15, 0.2) is 0 Å². The van der Waals surface area contributed by atoms with Crippen molar-refractivity contribution < 1.29 is 17.5 Å². The van der Waals surface area contributed by atoms with Crippen LogP contribution in [0.4, 0.5) is 0 Å². The third-order valence-corrected chi connectivity index (χ3v) is 0. The Morgan fingerprint density at radius 1 is 1.14 bits per heavy atom. The number of hydrogen-bond acceptors (Lipinski definition) is 2. The molecule has 40 valence electrons. The topological polar surface area (TPSA) is 74.6 Å². The van der Waals surface area contributed by atoms with Crippen LogP contribution in [-0.4, -0.2) is 55.5 Å². The van der Waals surface area contributed by atoms with E-state index in [9.17, 15) is 0 Å². The van der Waals surface area contributed by atoms with E-state index < -0.39 is 10.4 Å². The second kappa shape index (κ2) is 5.08. The van der Waals surface area contributed by atoms with Gasteiger partial charge in [-0.15, -0.1) is 0 Å². The monoisotopic (exact) mass is 136 g/mol. The minimum absolute atomic E-state index is 0. The van der Waals surface area contributed by atoms with Gasteiger partial charge in [-0.1, -0.05) is 0 Å². The first kappa shape index (κ1) is 15.7. The van der Waals surface area contributed by atoms with Gasteiger partial charge in [0.2, 0.25) is 0 Å². The zero-order valence-corrected chi connectivity index (χ0v) is 2.94. The van der Waals surface area contributed by atoms with E-state index in [0.717, 1.165) is 0 Å². The molecule has 7 heteroatoms. The normalized spacial score (nSPS) is 8.29. The summed E-state index contributed by atoms with van der Waals surface area (Å²) in [6.45, 7) is 0. The van der Waals surface area contributed by atoms with Gasteiger partial charge < -0.3 is 0 Å². The summed E-state index contributed by atoms with van der Waals surface area (Å²) >= 11 is 0. The van der Waals surface area contributed by atoms with Crippen molar-refractivity contribution in [1.82, 2.24) is 0 Å². The second-order valence-corrected chi connectivity index (χ2v) is 1.34. The van der Waals surface area contributed by atoms with Gasteiger partial charge in [-0.25, -0.2) is 0 Å². The van der Waals surface area contributed by atoms with E-state index in [1.54, 1.807) is 0 Å². The molecule has 4 nitrogen and oxygen atoms in total. The van der Waals surface area contributed by atoms with Crippen molar-refractivity contribution in [2.24, 2.45) is 0 Å². The fourth-order valence-electron chi connectivity index (χ4n) is 0. The third kappa shape index (κ3) is 193. The summed E-state index contributed by atoms with van der Waals surface area (Å²) < 4.78 is 31.6. The van der Waals surface area contributed by atoms with Gasteiger partial charge in [0.05, 0.1) is 8.41 Å². The van der Waals surface area contributed by atoms with Gasteiger partial charge in [-0.3, -0.25) is 9.11 Å². The minimum atomic E-state index is -4.67. The fourth-order valence-corrected chi connectivity index (χ4v) is 0. The number of hydrogen-bond donors (Lipinski definition) is 2. The molecule has 0 radical (unpaired) electrons.